The Morgan fingerprint density at radius 1 is 1.37 bits per heavy atom. The molecule has 5 heteroatoms. The van der Waals surface area contributed by atoms with Crippen LogP contribution in [-0.2, 0) is 4.79 Å². The van der Waals surface area contributed by atoms with Crippen molar-refractivity contribution < 1.29 is 9.90 Å². The number of carboxylic acids is 1. The monoisotopic (exact) mass is 275 g/mol. The Labute approximate surface area is 116 Å². The largest absolute Gasteiger partial charge is 0.548 e. The minimum Gasteiger partial charge on any atom is -0.548 e. The van der Waals surface area contributed by atoms with Crippen LogP contribution in [0.25, 0.3) is 11.3 Å². The Bertz CT molecular complexity index is 577. The topological polar surface area (TPSA) is 56.3 Å². The van der Waals surface area contributed by atoms with Gasteiger partial charge >= 0.3 is 0 Å². The summed E-state index contributed by atoms with van der Waals surface area (Å²) in [4.78, 5) is 16.9. The number of aromatic nitrogens is 1. The zero-order valence-electron chi connectivity index (χ0n) is 11.1. The van der Waals surface area contributed by atoms with Crippen LogP contribution in [0.15, 0.2) is 29.6 Å². The van der Waals surface area contributed by atoms with Crippen LogP contribution in [0.1, 0.15) is 11.9 Å². The van der Waals surface area contributed by atoms with Crippen molar-refractivity contribution in [3.8, 4) is 11.3 Å². The van der Waals surface area contributed by atoms with Crippen LogP contribution in [0.4, 0.5) is 5.69 Å². The van der Waals surface area contributed by atoms with Gasteiger partial charge in [0.2, 0.25) is 0 Å². The molecular weight excluding hydrogens is 260 g/mol. The predicted octanol–water partition coefficient (Wildman–Crippen LogP) is 1.69. The minimum atomic E-state index is -1.08. The molecule has 0 saturated heterocycles. The highest BCUT2D eigenvalue weighted by Crippen LogP contribution is 2.24. The summed E-state index contributed by atoms with van der Waals surface area (Å²) in [6.07, 6.45) is 0. The molecular formula is C14H15N2O2S-. The predicted molar refractivity (Wildman–Crippen MR) is 75.2 cm³/mol. The Hall–Kier alpha value is -1.88. The lowest BCUT2D eigenvalue weighted by molar-refractivity contribution is -0.306. The molecule has 100 valence electrons. The van der Waals surface area contributed by atoms with Crippen LogP contribution < -0.4 is 10.0 Å². The number of hydrogen-bond acceptors (Lipinski definition) is 5. The lowest BCUT2D eigenvalue weighted by Crippen LogP contribution is -2.44. The second-order valence-electron chi connectivity index (χ2n) is 4.40. The number of carbonyl (C=O) groups is 1. The number of thiazole rings is 1. The summed E-state index contributed by atoms with van der Waals surface area (Å²) in [6, 6.07) is 7.02. The van der Waals surface area contributed by atoms with E-state index in [-0.39, 0.29) is 0 Å². The molecule has 0 amide bonds. The van der Waals surface area contributed by atoms with E-state index >= 15 is 0 Å². The molecule has 1 atom stereocenters. The summed E-state index contributed by atoms with van der Waals surface area (Å²) in [6.45, 7) is 3.57. The molecule has 1 heterocycles. The SMILES string of the molecule is Cc1nc(-c2ccc(N(C)C(C)C(=O)[O-])cc2)cs1. The maximum absolute atomic E-state index is 10.8. The summed E-state index contributed by atoms with van der Waals surface area (Å²) >= 11 is 1.61. The number of rotatable bonds is 4. The average Bonchev–Trinajstić information content (AvgIpc) is 2.84. The number of carboxylic acid groups (broad SMARTS) is 1. The Balaban J connectivity index is 2.21. The van der Waals surface area contributed by atoms with Crippen LogP contribution in [0, 0.1) is 6.92 Å². The standard InChI is InChI=1S/C14H16N2O2S/c1-9(14(17)18)16(3)12-6-4-11(5-7-12)13-8-19-10(2)15-13/h4-9H,1-3H3,(H,17,18)/p-1. The summed E-state index contributed by atoms with van der Waals surface area (Å²) in [5.74, 6) is -1.08. The van der Waals surface area contributed by atoms with Crippen LogP contribution in [0.5, 0.6) is 0 Å². The van der Waals surface area contributed by atoms with Gasteiger partial charge in [-0.3, -0.25) is 0 Å². The number of anilines is 1. The van der Waals surface area contributed by atoms with Crippen molar-refractivity contribution in [2.45, 2.75) is 19.9 Å². The fourth-order valence-electron chi connectivity index (χ4n) is 1.75. The number of benzene rings is 1. The van der Waals surface area contributed by atoms with Gasteiger partial charge in [0.05, 0.1) is 22.7 Å². The zero-order chi connectivity index (χ0) is 14.0. The molecule has 1 aromatic heterocycles. The number of aryl methyl sites for hydroxylation is 1. The molecule has 1 aromatic carbocycles. The molecule has 0 radical (unpaired) electrons. The molecule has 0 spiro atoms. The number of likely N-dealkylation sites (N-methyl/N-ethyl adjacent to an activating group) is 1. The normalized spacial score (nSPS) is 12.2. The van der Waals surface area contributed by atoms with Crippen molar-refractivity contribution >= 4 is 23.0 Å². The van der Waals surface area contributed by atoms with E-state index < -0.39 is 12.0 Å². The van der Waals surface area contributed by atoms with Gasteiger partial charge in [-0.15, -0.1) is 11.3 Å². The first-order valence-electron chi connectivity index (χ1n) is 5.95. The van der Waals surface area contributed by atoms with Crippen molar-refractivity contribution in [3.63, 3.8) is 0 Å². The van der Waals surface area contributed by atoms with E-state index in [4.69, 9.17) is 0 Å². The second-order valence-corrected chi connectivity index (χ2v) is 5.47. The fourth-order valence-corrected chi connectivity index (χ4v) is 2.37. The van der Waals surface area contributed by atoms with Gasteiger partial charge in [-0.1, -0.05) is 12.1 Å². The molecule has 2 rings (SSSR count). The van der Waals surface area contributed by atoms with Gasteiger partial charge in [-0.2, -0.15) is 0 Å². The molecule has 0 aliphatic carbocycles. The smallest absolute Gasteiger partial charge is 0.0901 e. The van der Waals surface area contributed by atoms with Crippen LogP contribution in [-0.4, -0.2) is 24.0 Å². The van der Waals surface area contributed by atoms with Gasteiger partial charge in [-0.05, 0) is 26.0 Å². The summed E-state index contributed by atoms with van der Waals surface area (Å²) < 4.78 is 0. The molecule has 2 aromatic rings. The first-order chi connectivity index (χ1) is 8.99. The molecule has 4 nitrogen and oxygen atoms in total. The summed E-state index contributed by atoms with van der Waals surface area (Å²) in [5.41, 5.74) is 2.82. The molecule has 0 bridgehead atoms. The van der Waals surface area contributed by atoms with Gasteiger partial charge in [0, 0.05) is 23.7 Å². The van der Waals surface area contributed by atoms with E-state index in [1.165, 1.54) is 0 Å². The van der Waals surface area contributed by atoms with Gasteiger partial charge in [0.15, 0.2) is 0 Å². The molecule has 0 aliphatic heterocycles. The van der Waals surface area contributed by atoms with Crippen molar-refractivity contribution in [1.29, 1.82) is 0 Å². The second kappa shape index (κ2) is 5.40. The van der Waals surface area contributed by atoms with Crippen LogP contribution in [0.3, 0.4) is 0 Å². The van der Waals surface area contributed by atoms with Gasteiger partial charge in [0.25, 0.3) is 0 Å². The van der Waals surface area contributed by atoms with E-state index in [9.17, 15) is 9.90 Å². The Morgan fingerprint density at radius 3 is 2.47 bits per heavy atom. The van der Waals surface area contributed by atoms with E-state index in [1.54, 1.807) is 30.2 Å². The van der Waals surface area contributed by atoms with E-state index in [0.29, 0.717) is 0 Å². The highest BCUT2D eigenvalue weighted by atomic mass is 32.1. The van der Waals surface area contributed by atoms with Gasteiger partial charge < -0.3 is 14.8 Å². The highest BCUT2D eigenvalue weighted by Gasteiger charge is 2.11. The van der Waals surface area contributed by atoms with Crippen molar-refractivity contribution in [3.05, 3.63) is 34.7 Å². The van der Waals surface area contributed by atoms with Crippen LogP contribution in [0.2, 0.25) is 0 Å². The van der Waals surface area contributed by atoms with Crippen molar-refractivity contribution in [2.24, 2.45) is 0 Å². The Kier molecular flexibility index (Phi) is 3.85. The highest BCUT2D eigenvalue weighted by molar-refractivity contribution is 7.09. The summed E-state index contributed by atoms with van der Waals surface area (Å²) in [5, 5.41) is 13.9. The van der Waals surface area contributed by atoms with E-state index in [2.05, 4.69) is 4.98 Å². The first-order valence-corrected chi connectivity index (χ1v) is 6.83. The quantitative estimate of drug-likeness (QED) is 0.852. The number of carbonyl (C=O) groups excluding carboxylic acids is 1. The third-order valence-electron chi connectivity index (χ3n) is 3.11. The average molecular weight is 275 g/mol. The third-order valence-corrected chi connectivity index (χ3v) is 3.88. The van der Waals surface area contributed by atoms with E-state index in [1.807, 2.05) is 36.6 Å². The van der Waals surface area contributed by atoms with Gasteiger partial charge in [0.1, 0.15) is 0 Å². The zero-order valence-corrected chi connectivity index (χ0v) is 11.9. The van der Waals surface area contributed by atoms with Crippen molar-refractivity contribution in [1.82, 2.24) is 4.98 Å². The maximum atomic E-state index is 10.8. The molecule has 0 fully saturated rings. The lowest BCUT2D eigenvalue weighted by Gasteiger charge is -2.27. The lowest BCUT2D eigenvalue weighted by atomic mass is 10.1. The first kappa shape index (κ1) is 13.5. The number of aliphatic carboxylic acids is 1. The molecule has 19 heavy (non-hydrogen) atoms. The third kappa shape index (κ3) is 2.93. The Morgan fingerprint density at radius 2 is 2.00 bits per heavy atom. The summed E-state index contributed by atoms with van der Waals surface area (Å²) in [7, 11) is 1.74. The van der Waals surface area contributed by atoms with Crippen molar-refractivity contribution in [2.75, 3.05) is 11.9 Å². The molecule has 1 unspecified atom stereocenters. The molecule has 0 N–H and O–H groups in total. The minimum absolute atomic E-state index is 0.660. The number of nitrogens with zero attached hydrogens (tertiary/aromatic N) is 2. The van der Waals surface area contributed by atoms with E-state index in [0.717, 1.165) is 22.0 Å². The number of hydrogen-bond donors (Lipinski definition) is 0. The molecule has 0 saturated carbocycles. The molecule has 0 aliphatic rings. The van der Waals surface area contributed by atoms with Crippen LogP contribution >= 0.6 is 11.3 Å². The fraction of sp³-hybridized carbons (Fsp3) is 0.286. The maximum Gasteiger partial charge on any atom is 0.0901 e. The van der Waals surface area contributed by atoms with Gasteiger partial charge in [-0.25, -0.2) is 4.98 Å².